The highest BCUT2D eigenvalue weighted by molar-refractivity contribution is 7.92. The van der Waals surface area contributed by atoms with E-state index in [4.69, 9.17) is 9.97 Å². The molecular formula is C21H30N6O2S. The quantitative estimate of drug-likeness (QED) is 0.694. The first-order chi connectivity index (χ1) is 14.5. The number of para-hydroxylation sites is 1. The molecule has 1 saturated heterocycles. The maximum absolute atomic E-state index is 12.4. The number of nitrogens with zero attached hydrogens (tertiary/aromatic N) is 4. The van der Waals surface area contributed by atoms with E-state index in [1.165, 1.54) is 0 Å². The van der Waals surface area contributed by atoms with Gasteiger partial charge in [0.1, 0.15) is 5.82 Å². The highest BCUT2D eigenvalue weighted by Crippen LogP contribution is 2.28. The van der Waals surface area contributed by atoms with E-state index in [0.717, 1.165) is 74.9 Å². The van der Waals surface area contributed by atoms with E-state index in [0.29, 0.717) is 12.2 Å². The van der Waals surface area contributed by atoms with Gasteiger partial charge in [0, 0.05) is 44.0 Å². The molecule has 8 nitrogen and oxygen atoms in total. The Kier molecular flexibility index (Phi) is 6.38. The summed E-state index contributed by atoms with van der Waals surface area (Å²) < 4.78 is 27.5. The first kappa shape index (κ1) is 20.9. The van der Waals surface area contributed by atoms with Crippen molar-refractivity contribution < 1.29 is 8.42 Å². The monoisotopic (exact) mass is 430 g/mol. The molecule has 0 spiro atoms. The Labute approximate surface area is 178 Å². The molecule has 1 aromatic carbocycles. The third kappa shape index (κ3) is 5.20. The number of aryl methyl sites for hydroxylation is 1. The number of hydrogen-bond donors (Lipinski definition) is 2. The number of nitrogens with one attached hydrogen (secondary N) is 2. The van der Waals surface area contributed by atoms with Gasteiger partial charge in [-0.15, -0.1) is 0 Å². The molecule has 2 N–H and O–H groups in total. The molecule has 162 valence electrons. The fourth-order valence-corrected chi connectivity index (χ4v) is 4.88. The molecule has 2 aromatic rings. The van der Waals surface area contributed by atoms with Crippen molar-refractivity contribution >= 4 is 27.5 Å². The van der Waals surface area contributed by atoms with Crippen molar-refractivity contribution in [2.75, 3.05) is 60.5 Å². The number of fused-ring (bicyclic) bond motifs is 1. The van der Waals surface area contributed by atoms with Gasteiger partial charge >= 0.3 is 0 Å². The van der Waals surface area contributed by atoms with Crippen LogP contribution in [-0.2, 0) is 22.9 Å². The molecule has 1 fully saturated rings. The summed E-state index contributed by atoms with van der Waals surface area (Å²) in [6.45, 7) is 4.10. The minimum atomic E-state index is -3.43. The molecular weight excluding hydrogens is 400 g/mol. The average Bonchev–Trinajstić information content (AvgIpc) is 2.74. The molecule has 1 aliphatic heterocycles. The number of hydrogen-bond acceptors (Lipinski definition) is 7. The summed E-state index contributed by atoms with van der Waals surface area (Å²) in [6.07, 6.45) is 4.16. The molecule has 30 heavy (non-hydrogen) atoms. The van der Waals surface area contributed by atoms with E-state index in [2.05, 4.69) is 26.9 Å². The third-order valence-electron chi connectivity index (χ3n) is 5.67. The standard InChI is InChI=1S/C21H30N6O2S/c1-26-12-14-27(15-13-26)21-23-19-10-6-5-9-18(19)20(24-21)22-11-16-30(28,29)25-17-7-3-2-4-8-17/h2-4,7-8,25H,5-6,9-16H2,1H3,(H,22,23,24). The van der Waals surface area contributed by atoms with Crippen molar-refractivity contribution in [3.05, 3.63) is 41.6 Å². The first-order valence-corrected chi connectivity index (χ1v) is 12.3. The molecule has 4 rings (SSSR count). The van der Waals surface area contributed by atoms with E-state index in [9.17, 15) is 8.42 Å². The van der Waals surface area contributed by atoms with Crippen LogP contribution in [0.5, 0.6) is 0 Å². The van der Waals surface area contributed by atoms with Crippen LogP contribution in [0.15, 0.2) is 30.3 Å². The van der Waals surface area contributed by atoms with Gasteiger partial charge in [-0.05, 0) is 44.9 Å². The van der Waals surface area contributed by atoms with Gasteiger partial charge in [-0.3, -0.25) is 4.72 Å². The molecule has 1 aromatic heterocycles. The highest BCUT2D eigenvalue weighted by Gasteiger charge is 2.22. The summed E-state index contributed by atoms with van der Waals surface area (Å²) in [5.74, 6) is 1.53. The molecule has 0 radical (unpaired) electrons. The maximum atomic E-state index is 12.4. The fourth-order valence-electron chi connectivity index (χ4n) is 3.92. The topological polar surface area (TPSA) is 90.5 Å². The molecule has 2 aliphatic rings. The fraction of sp³-hybridized carbons (Fsp3) is 0.524. The number of anilines is 3. The molecule has 9 heteroatoms. The largest absolute Gasteiger partial charge is 0.369 e. The lowest BCUT2D eigenvalue weighted by Gasteiger charge is -2.33. The van der Waals surface area contributed by atoms with E-state index < -0.39 is 10.0 Å². The van der Waals surface area contributed by atoms with Gasteiger partial charge in [0.05, 0.1) is 11.4 Å². The molecule has 1 aliphatic carbocycles. The van der Waals surface area contributed by atoms with Gasteiger partial charge in [-0.1, -0.05) is 18.2 Å². The Morgan fingerprint density at radius 2 is 1.73 bits per heavy atom. The molecule has 0 unspecified atom stereocenters. The van der Waals surface area contributed by atoms with E-state index in [1.54, 1.807) is 12.1 Å². The smallest absolute Gasteiger partial charge is 0.234 e. The Morgan fingerprint density at radius 1 is 1.00 bits per heavy atom. The van der Waals surface area contributed by atoms with Crippen molar-refractivity contribution in [3.63, 3.8) is 0 Å². The minimum absolute atomic E-state index is 0.0233. The summed E-state index contributed by atoms with van der Waals surface area (Å²) in [7, 11) is -1.31. The van der Waals surface area contributed by atoms with Crippen molar-refractivity contribution in [1.29, 1.82) is 0 Å². The summed E-state index contributed by atoms with van der Waals surface area (Å²) >= 11 is 0. The zero-order chi connectivity index (χ0) is 21.0. The second-order valence-electron chi connectivity index (χ2n) is 8.01. The van der Waals surface area contributed by atoms with Crippen LogP contribution < -0.4 is 14.9 Å². The summed E-state index contributed by atoms with van der Waals surface area (Å²) in [4.78, 5) is 14.2. The molecule has 2 heterocycles. The number of piperazine rings is 1. The highest BCUT2D eigenvalue weighted by atomic mass is 32.2. The van der Waals surface area contributed by atoms with Crippen LogP contribution in [0.1, 0.15) is 24.1 Å². The Balaban J connectivity index is 1.45. The number of benzene rings is 1. The lowest BCUT2D eigenvalue weighted by molar-refractivity contribution is 0.311. The van der Waals surface area contributed by atoms with Crippen LogP contribution in [0.25, 0.3) is 0 Å². The lowest BCUT2D eigenvalue weighted by atomic mass is 9.96. The molecule has 0 atom stereocenters. The molecule has 0 bridgehead atoms. The van der Waals surface area contributed by atoms with Gasteiger partial charge in [0.25, 0.3) is 0 Å². The van der Waals surface area contributed by atoms with E-state index in [-0.39, 0.29) is 5.75 Å². The van der Waals surface area contributed by atoms with Crippen molar-refractivity contribution in [2.24, 2.45) is 0 Å². The van der Waals surface area contributed by atoms with Crippen LogP contribution in [0.3, 0.4) is 0 Å². The van der Waals surface area contributed by atoms with E-state index >= 15 is 0 Å². The zero-order valence-corrected chi connectivity index (χ0v) is 18.3. The minimum Gasteiger partial charge on any atom is -0.369 e. The average molecular weight is 431 g/mol. The normalized spacial score (nSPS) is 17.4. The van der Waals surface area contributed by atoms with Crippen LogP contribution >= 0.6 is 0 Å². The Hall–Kier alpha value is -2.39. The van der Waals surface area contributed by atoms with Crippen LogP contribution in [0.2, 0.25) is 0 Å². The second-order valence-corrected chi connectivity index (χ2v) is 9.85. The van der Waals surface area contributed by atoms with Crippen molar-refractivity contribution in [3.8, 4) is 0 Å². The predicted molar refractivity (Wildman–Crippen MR) is 121 cm³/mol. The van der Waals surface area contributed by atoms with Gasteiger partial charge < -0.3 is 15.1 Å². The Bertz CT molecular complexity index is 959. The summed E-state index contributed by atoms with van der Waals surface area (Å²) in [6, 6.07) is 8.96. The number of sulfonamides is 1. The predicted octanol–water partition coefficient (Wildman–Crippen LogP) is 1.96. The maximum Gasteiger partial charge on any atom is 0.234 e. The number of rotatable bonds is 7. The first-order valence-electron chi connectivity index (χ1n) is 10.6. The third-order valence-corrected chi connectivity index (χ3v) is 6.96. The number of likely N-dealkylation sites (N-methyl/N-ethyl adjacent to an activating group) is 1. The van der Waals surface area contributed by atoms with Crippen molar-refractivity contribution in [1.82, 2.24) is 14.9 Å². The summed E-state index contributed by atoms with van der Waals surface area (Å²) in [5, 5.41) is 3.30. The molecule has 0 amide bonds. The van der Waals surface area contributed by atoms with Crippen molar-refractivity contribution in [2.45, 2.75) is 25.7 Å². The van der Waals surface area contributed by atoms with Crippen LogP contribution in [0, 0.1) is 0 Å². The van der Waals surface area contributed by atoms with Gasteiger partial charge in [0.2, 0.25) is 16.0 Å². The SMILES string of the molecule is CN1CCN(c2nc3c(c(NCCS(=O)(=O)Nc4ccccc4)n2)CCCC3)CC1. The van der Waals surface area contributed by atoms with Gasteiger partial charge in [0.15, 0.2) is 0 Å². The Morgan fingerprint density at radius 3 is 2.50 bits per heavy atom. The van der Waals surface area contributed by atoms with Crippen LogP contribution in [-0.4, -0.2) is 68.8 Å². The van der Waals surface area contributed by atoms with Gasteiger partial charge in [-0.2, -0.15) is 4.98 Å². The number of aromatic nitrogens is 2. The second kappa shape index (κ2) is 9.18. The van der Waals surface area contributed by atoms with Gasteiger partial charge in [-0.25, -0.2) is 13.4 Å². The zero-order valence-electron chi connectivity index (χ0n) is 17.5. The van der Waals surface area contributed by atoms with Crippen LogP contribution in [0.4, 0.5) is 17.5 Å². The molecule has 0 saturated carbocycles. The summed E-state index contributed by atoms with van der Waals surface area (Å²) in [5.41, 5.74) is 2.83. The van der Waals surface area contributed by atoms with E-state index in [1.807, 2.05) is 18.2 Å². The lowest BCUT2D eigenvalue weighted by Crippen LogP contribution is -2.45.